The summed E-state index contributed by atoms with van der Waals surface area (Å²) in [5.74, 6) is 5.97. The molecule has 2 heterocycles. The zero-order valence-electron chi connectivity index (χ0n) is 12.8. The molecular formula is C16H22N2O2S. The van der Waals surface area contributed by atoms with Gasteiger partial charge in [0.25, 0.3) is 5.91 Å². The molecule has 2 N–H and O–H groups in total. The fourth-order valence-corrected chi connectivity index (χ4v) is 3.42. The molecule has 1 aliphatic heterocycles. The number of carbonyl (C=O) groups excluding carboxylic acids is 1. The average Bonchev–Trinajstić information content (AvgIpc) is 2.85. The third-order valence-electron chi connectivity index (χ3n) is 3.63. The molecule has 1 aliphatic rings. The number of nitrogens with two attached hydrogens (primary N) is 1. The van der Waals surface area contributed by atoms with Crippen molar-refractivity contribution < 1.29 is 9.53 Å². The Morgan fingerprint density at radius 3 is 3.05 bits per heavy atom. The van der Waals surface area contributed by atoms with Crippen LogP contribution in [-0.2, 0) is 4.74 Å². The van der Waals surface area contributed by atoms with Crippen molar-refractivity contribution in [1.82, 2.24) is 4.90 Å². The first-order valence-corrected chi connectivity index (χ1v) is 8.10. The maximum absolute atomic E-state index is 12.8. The summed E-state index contributed by atoms with van der Waals surface area (Å²) in [6.07, 6.45) is 0.997. The Morgan fingerprint density at radius 2 is 2.38 bits per heavy atom. The Morgan fingerprint density at radius 1 is 1.62 bits per heavy atom. The molecular weight excluding hydrogens is 284 g/mol. The molecule has 21 heavy (non-hydrogen) atoms. The Bertz CT molecular complexity index is 571. The fourth-order valence-electron chi connectivity index (χ4n) is 2.42. The molecule has 0 spiro atoms. The largest absolute Gasteiger partial charge is 0.375 e. The lowest BCUT2D eigenvalue weighted by atomic mass is 10.1. The van der Waals surface area contributed by atoms with Crippen molar-refractivity contribution in [2.45, 2.75) is 39.3 Å². The predicted octanol–water partition coefficient (Wildman–Crippen LogP) is 2.01. The minimum atomic E-state index is 0.0888. The van der Waals surface area contributed by atoms with Crippen molar-refractivity contribution in [3.8, 4) is 11.8 Å². The number of carbonyl (C=O) groups is 1. The zero-order valence-corrected chi connectivity index (χ0v) is 13.6. The van der Waals surface area contributed by atoms with Crippen molar-refractivity contribution in [1.29, 1.82) is 0 Å². The summed E-state index contributed by atoms with van der Waals surface area (Å²) in [4.78, 5) is 16.4. The normalized spacial score (nSPS) is 21.8. The smallest absolute Gasteiger partial charge is 0.264 e. The summed E-state index contributed by atoms with van der Waals surface area (Å²) >= 11 is 1.45. The maximum Gasteiger partial charge on any atom is 0.264 e. The van der Waals surface area contributed by atoms with Gasteiger partial charge in [0.15, 0.2) is 0 Å². The number of morpholine rings is 1. The Balaban J connectivity index is 2.22. The molecule has 0 radical (unpaired) electrons. The summed E-state index contributed by atoms with van der Waals surface area (Å²) in [5.41, 5.74) is 6.44. The van der Waals surface area contributed by atoms with Crippen LogP contribution in [-0.4, -0.2) is 42.6 Å². The highest BCUT2D eigenvalue weighted by molar-refractivity contribution is 7.14. The van der Waals surface area contributed by atoms with Crippen molar-refractivity contribution in [2.24, 2.45) is 5.73 Å². The zero-order chi connectivity index (χ0) is 15.4. The van der Waals surface area contributed by atoms with E-state index in [1.165, 1.54) is 11.3 Å². The highest BCUT2D eigenvalue weighted by atomic mass is 32.1. The SMILES string of the molecule is CCC1COC(C)CN1C(=O)c1cc(C)c(C#CCN)s1. The van der Waals surface area contributed by atoms with E-state index in [4.69, 9.17) is 10.5 Å². The maximum atomic E-state index is 12.8. The van der Waals surface area contributed by atoms with Crippen LogP contribution >= 0.6 is 11.3 Å². The first-order valence-electron chi connectivity index (χ1n) is 7.28. The van der Waals surface area contributed by atoms with Gasteiger partial charge in [-0.25, -0.2) is 0 Å². The van der Waals surface area contributed by atoms with E-state index in [2.05, 4.69) is 18.8 Å². The summed E-state index contributed by atoms with van der Waals surface area (Å²) in [5, 5.41) is 0. The van der Waals surface area contributed by atoms with E-state index < -0.39 is 0 Å². The third-order valence-corrected chi connectivity index (χ3v) is 4.77. The van der Waals surface area contributed by atoms with Gasteiger partial charge in [-0.15, -0.1) is 11.3 Å². The standard InChI is InChI=1S/C16H22N2O2S/c1-4-13-10-20-12(3)9-18(13)16(19)15-8-11(2)14(21-15)6-5-7-17/h8,12-13H,4,7,9-10,17H2,1-3H3. The number of nitrogens with zero attached hydrogens (tertiary/aromatic N) is 1. The average molecular weight is 306 g/mol. The Hall–Kier alpha value is -1.35. The monoisotopic (exact) mass is 306 g/mol. The lowest BCUT2D eigenvalue weighted by molar-refractivity contribution is -0.0442. The molecule has 0 aromatic carbocycles. The second-order valence-corrected chi connectivity index (χ2v) is 6.34. The van der Waals surface area contributed by atoms with E-state index in [9.17, 15) is 4.79 Å². The van der Waals surface area contributed by atoms with Crippen LogP contribution in [0.25, 0.3) is 0 Å². The lowest BCUT2D eigenvalue weighted by Gasteiger charge is -2.38. The summed E-state index contributed by atoms with van der Waals surface area (Å²) in [6, 6.07) is 2.09. The second-order valence-electron chi connectivity index (χ2n) is 5.29. The van der Waals surface area contributed by atoms with Gasteiger partial charge in [-0.2, -0.15) is 0 Å². The second kappa shape index (κ2) is 7.08. The van der Waals surface area contributed by atoms with Gasteiger partial charge in [0.2, 0.25) is 0 Å². The summed E-state index contributed by atoms with van der Waals surface area (Å²) in [6.45, 7) is 7.67. The number of rotatable bonds is 2. The molecule has 0 saturated carbocycles. The van der Waals surface area contributed by atoms with Gasteiger partial charge >= 0.3 is 0 Å². The molecule has 0 aliphatic carbocycles. The molecule has 1 saturated heterocycles. The minimum Gasteiger partial charge on any atom is -0.375 e. The van der Waals surface area contributed by atoms with Crippen molar-refractivity contribution in [3.63, 3.8) is 0 Å². The molecule has 5 heteroatoms. The van der Waals surface area contributed by atoms with Crippen LogP contribution in [0.1, 0.15) is 40.4 Å². The van der Waals surface area contributed by atoms with Gasteiger partial charge in [-0.05, 0) is 31.9 Å². The van der Waals surface area contributed by atoms with Crippen LogP contribution < -0.4 is 5.73 Å². The van der Waals surface area contributed by atoms with E-state index in [-0.39, 0.29) is 18.1 Å². The fraction of sp³-hybridized carbons (Fsp3) is 0.562. The molecule has 1 fully saturated rings. The van der Waals surface area contributed by atoms with Crippen LogP contribution in [0.15, 0.2) is 6.07 Å². The lowest BCUT2D eigenvalue weighted by Crippen LogP contribution is -2.51. The predicted molar refractivity (Wildman–Crippen MR) is 85.5 cm³/mol. The third kappa shape index (κ3) is 3.65. The molecule has 2 unspecified atom stereocenters. The number of aryl methyl sites for hydroxylation is 1. The number of amides is 1. The number of hydrogen-bond acceptors (Lipinski definition) is 4. The summed E-state index contributed by atoms with van der Waals surface area (Å²) in [7, 11) is 0. The van der Waals surface area contributed by atoms with Crippen LogP contribution in [0.4, 0.5) is 0 Å². The highest BCUT2D eigenvalue weighted by Gasteiger charge is 2.30. The van der Waals surface area contributed by atoms with Crippen molar-refractivity contribution >= 4 is 17.2 Å². The Labute approximate surface area is 130 Å². The van der Waals surface area contributed by atoms with Crippen LogP contribution in [0.3, 0.4) is 0 Å². The number of thiophene rings is 1. The van der Waals surface area contributed by atoms with Crippen LogP contribution in [0.5, 0.6) is 0 Å². The molecule has 114 valence electrons. The van der Waals surface area contributed by atoms with E-state index >= 15 is 0 Å². The first kappa shape index (κ1) is 16.0. The minimum absolute atomic E-state index is 0.0888. The quantitative estimate of drug-likeness (QED) is 0.850. The van der Waals surface area contributed by atoms with Gasteiger partial charge in [0.1, 0.15) is 0 Å². The molecule has 2 rings (SSSR count). The van der Waals surface area contributed by atoms with E-state index in [1.807, 2.05) is 24.8 Å². The molecule has 1 amide bonds. The topological polar surface area (TPSA) is 55.6 Å². The van der Waals surface area contributed by atoms with E-state index in [1.54, 1.807) is 0 Å². The van der Waals surface area contributed by atoms with E-state index in [0.29, 0.717) is 19.7 Å². The van der Waals surface area contributed by atoms with E-state index in [0.717, 1.165) is 21.7 Å². The van der Waals surface area contributed by atoms with Gasteiger partial charge in [-0.1, -0.05) is 18.8 Å². The van der Waals surface area contributed by atoms with Crippen LogP contribution in [0, 0.1) is 18.8 Å². The molecule has 1 aromatic rings. The van der Waals surface area contributed by atoms with Gasteiger partial charge in [0, 0.05) is 6.54 Å². The van der Waals surface area contributed by atoms with Gasteiger partial charge in [-0.3, -0.25) is 4.79 Å². The number of ether oxygens (including phenoxy) is 1. The number of hydrogen-bond donors (Lipinski definition) is 1. The van der Waals surface area contributed by atoms with Crippen molar-refractivity contribution in [3.05, 3.63) is 21.4 Å². The summed E-state index contributed by atoms with van der Waals surface area (Å²) < 4.78 is 5.65. The molecule has 4 nitrogen and oxygen atoms in total. The first-order chi connectivity index (χ1) is 10.1. The highest BCUT2D eigenvalue weighted by Crippen LogP contribution is 2.25. The molecule has 1 aromatic heterocycles. The van der Waals surface area contributed by atoms with Crippen LogP contribution in [0.2, 0.25) is 0 Å². The van der Waals surface area contributed by atoms with Crippen molar-refractivity contribution in [2.75, 3.05) is 19.7 Å². The molecule has 2 atom stereocenters. The van der Waals surface area contributed by atoms with Gasteiger partial charge in [0.05, 0.1) is 35.1 Å². The van der Waals surface area contributed by atoms with Gasteiger partial charge < -0.3 is 15.4 Å². The molecule has 0 bridgehead atoms. The Kier molecular flexibility index (Phi) is 5.40.